The highest BCUT2D eigenvalue weighted by Gasteiger charge is 2.63. The lowest BCUT2D eigenvalue weighted by atomic mass is 10.1. The van der Waals surface area contributed by atoms with Gasteiger partial charge in [0.05, 0.1) is 29.8 Å². The molecule has 31 heavy (non-hydrogen) atoms. The van der Waals surface area contributed by atoms with E-state index in [-0.39, 0.29) is 21.7 Å². The molecular weight excluding hydrogens is 448 g/mol. The number of sulfonamides is 1. The molecule has 3 N–H and O–H groups in total. The average molecular weight is 467 g/mol. The normalized spacial score (nSPS) is 19.9. The number of rotatable bonds is 6. The summed E-state index contributed by atoms with van der Waals surface area (Å²) in [6, 6.07) is 9.37. The first-order valence-corrected chi connectivity index (χ1v) is 10.5. The van der Waals surface area contributed by atoms with Crippen molar-refractivity contribution in [2.75, 3.05) is 17.8 Å². The van der Waals surface area contributed by atoms with Gasteiger partial charge in [-0.05, 0) is 18.2 Å². The molecule has 1 heterocycles. The fourth-order valence-electron chi connectivity index (χ4n) is 3.17. The monoisotopic (exact) mass is 467 g/mol. The number of likely N-dealkylation sites (tertiary alicyclic amines) is 1. The molecule has 2 aromatic carbocycles. The molecule has 3 rings (SSSR count). The van der Waals surface area contributed by atoms with Crippen LogP contribution in [0.2, 0.25) is 0 Å². The van der Waals surface area contributed by atoms with Crippen molar-refractivity contribution in [3.8, 4) is 0 Å². The van der Waals surface area contributed by atoms with Gasteiger partial charge in [0.2, 0.25) is 0 Å². The summed E-state index contributed by atoms with van der Waals surface area (Å²) in [7, 11) is -4.27. The van der Waals surface area contributed by atoms with Crippen molar-refractivity contribution in [2.45, 2.75) is 35.8 Å². The van der Waals surface area contributed by atoms with E-state index in [9.17, 15) is 34.8 Å². The summed E-state index contributed by atoms with van der Waals surface area (Å²) in [6.45, 7) is -1.93. The molecule has 5 nitrogen and oxygen atoms in total. The lowest BCUT2D eigenvalue weighted by Gasteiger charge is -2.25. The molecule has 0 amide bonds. The van der Waals surface area contributed by atoms with Gasteiger partial charge in [0.25, 0.3) is 15.9 Å². The second-order valence-corrected chi connectivity index (χ2v) is 9.05. The number of nitrogens with one attached hydrogen (secondary N) is 1. The molecule has 1 fully saturated rings. The first kappa shape index (κ1) is 23.4. The summed E-state index contributed by atoms with van der Waals surface area (Å²) in [5.41, 5.74) is 5.41. The molecule has 0 aromatic heterocycles. The largest absolute Gasteiger partial charge is 0.323 e. The lowest BCUT2D eigenvalue weighted by Crippen LogP contribution is -2.38. The van der Waals surface area contributed by atoms with Crippen LogP contribution < -0.4 is 10.5 Å². The van der Waals surface area contributed by atoms with Crippen molar-refractivity contribution in [1.82, 2.24) is 4.90 Å². The fourth-order valence-corrected chi connectivity index (χ4v) is 4.26. The number of hydrogen-bond donors (Lipinski definition) is 2. The molecule has 1 aliphatic heterocycles. The van der Waals surface area contributed by atoms with Gasteiger partial charge >= 0.3 is 11.8 Å². The second-order valence-electron chi connectivity index (χ2n) is 7.36. The van der Waals surface area contributed by atoms with Gasteiger partial charge in [-0.15, -0.1) is 0 Å². The number of anilines is 1. The number of benzene rings is 2. The summed E-state index contributed by atoms with van der Waals surface area (Å²) < 4.78 is 108. The third-order valence-electron chi connectivity index (χ3n) is 4.93. The fraction of sp³-hybridized carbons (Fsp3) is 0.368. The Hall–Kier alpha value is -2.31. The summed E-state index contributed by atoms with van der Waals surface area (Å²) in [6.07, 6.45) is -1.45. The molecule has 12 heteroatoms. The highest BCUT2D eigenvalue weighted by molar-refractivity contribution is 7.92. The van der Waals surface area contributed by atoms with Crippen LogP contribution in [0.5, 0.6) is 0 Å². The van der Waals surface area contributed by atoms with Crippen LogP contribution in [0.15, 0.2) is 53.4 Å². The van der Waals surface area contributed by atoms with Gasteiger partial charge in [-0.1, -0.05) is 30.3 Å². The Morgan fingerprint density at radius 3 is 2.03 bits per heavy atom. The molecule has 0 spiro atoms. The Morgan fingerprint density at radius 1 is 1.00 bits per heavy atom. The molecule has 170 valence electrons. The second kappa shape index (κ2) is 7.68. The van der Waals surface area contributed by atoms with Crippen molar-refractivity contribution >= 4 is 15.7 Å². The van der Waals surface area contributed by atoms with Gasteiger partial charge in [0.15, 0.2) is 0 Å². The molecular formula is C19H19F6N3O2S. The predicted octanol–water partition coefficient (Wildman–Crippen LogP) is 4.14. The van der Waals surface area contributed by atoms with Gasteiger partial charge < -0.3 is 5.73 Å². The number of halogens is 6. The van der Waals surface area contributed by atoms with Gasteiger partial charge in [0, 0.05) is 18.1 Å². The van der Waals surface area contributed by atoms with Gasteiger partial charge in [-0.25, -0.2) is 17.2 Å². The maximum atomic E-state index is 13.5. The van der Waals surface area contributed by atoms with Crippen molar-refractivity contribution in [3.05, 3.63) is 59.7 Å². The molecule has 1 aliphatic rings. The van der Waals surface area contributed by atoms with Crippen LogP contribution in [0.25, 0.3) is 0 Å². The van der Waals surface area contributed by atoms with E-state index in [1.165, 1.54) is 24.3 Å². The van der Waals surface area contributed by atoms with Crippen LogP contribution in [0.4, 0.5) is 32.0 Å². The molecule has 0 radical (unpaired) electrons. The van der Waals surface area contributed by atoms with Crippen LogP contribution in [0.1, 0.15) is 24.2 Å². The summed E-state index contributed by atoms with van der Waals surface area (Å²) >= 11 is 0. The highest BCUT2D eigenvalue weighted by Crippen LogP contribution is 2.43. The molecule has 0 aliphatic carbocycles. The minimum Gasteiger partial charge on any atom is -0.312 e. The van der Waals surface area contributed by atoms with Crippen LogP contribution in [-0.4, -0.2) is 38.3 Å². The van der Waals surface area contributed by atoms with E-state index in [1.807, 2.05) is 0 Å². The topological polar surface area (TPSA) is 75.4 Å². The minimum absolute atomic E-state index is 0.00344. The van der Waals surface area contributed by atoms with Crippen molar-refractivity contribution in [2.24, 2.45) is 5.73 Å². The quantitative estimate of drug-likeness (QED) is 0.627. The van der Waals surface area contributed by atoms with Crippen LogP contribution in [0.3, 0.4) is 0 Å². The van der Waals surface area contributed by atoms with E-state index in [4.69, 9.17) is 5.73 Å². The van der Waals surface area contributed by atoms with E-state index in [0.29, 0.717) is 11.8 Å². The highest BCUT2D eigenvalue weighted by atomic mass is 32.2. The molecule has 2 aromatic rings. The predicted molar refractivity (Wildman–Crippen MR) is 102 cm³/mol. The number of nitrogens with zero attached hydrogens (tertiary/aromatic N) is 1. The Bertz CT molecular complexity index is 1040. The van der Waals surface area contributed by atoms with E-state index in [2.05, 4.69) is 4.72 Å². The Labute approximate surface area is 174 Å². The Balaban J connectivity index is 1.87. The van der Waals surface area contributed by atoms with E-state index < -0.39 is 47.0 Å². The number of hydrogen-bond acceptors (Lipinski definition) is 4. The van der Waals surface area contributed by atoms with E-state index in [0.717, 1.165) is 24.3 Å². The maximum Gasteiger partial charge on any atom is 0.323 e. The number of nitrogens with two attached hydrogens (primary N) is 1. The molecule has 1 saturated heterocycles. The van der Waals surface area contributed by atoms with Crippen molar-refractivity contribution in [3.63, 3.8) is 0 Å². The summed E-state index contributed by atoms with van der Waals surface area (Å²) in [5, 5.41) is 0. The van der Waals surface area contributed by atoms with Gasteiger partial charge in [0.1, 0.15) is 0 Å². The smallest absolute Gasteiger partial charge is 0.312 e. The third-order valence-corrected chi connectivity index (χ3v) is 6.31. The minimum atomic E-state index is -4.28. The first-order valence-electron chi connectivity index (χ1n) is 8.99. The Kier molecular flexibility index (Phi) is 5.78. The summed E-state index contributed by atoms with van der Waals surface area (Å²) in [5.74, 6) is -11.7. The summed E-state index contributed by atoms with van der Waals surface area (Å²) in [4.78, 5) is 0.328. The van der Waals surface area contributed by atoms with Gasteiger partial charge in [-0.2, -0.15) is 17.6 Å². The molecule has 0 bridgehead atoms. The Morgan fingerprint density at radius 2 is 1.52 bits per heavy atom. The standard InChI is InChI=1S/C19H19F6N3O2S/c1-17(20,21)12-6-8-13(9-7-12)31(29,30)27-15-5-3-2-4-14(15)16(26)28-10-18(22,23)19(24,25)11-28/h2-9,16,27H,10-11,26H2,1H3. The molecule has 0 saturated carbocycles. The zero-order valence-electron chi connectivity index (χ0n) is 16.1. The van der Waals surface area contributed by atoms with E-state index in [1.54, 1.807) is 0 Å². The lowest BCUT2D eigenvalue weighted by molar-refractivity contribution is -0.172. The van der Waals surface area contributed by atoms with Crippen molar-refractivity contribution in [1.29, 1.82) is 0 Å². The van der Waals surface area contributed by atoms with Crippen molar-refractivity contribution < 1.29 is 34.8 Å². The molecule has 1 unspecified atom stereocenters. The van der Waals surface area contributed by atoms with Crippen LogP contribution in [0, 0.1) is 0 Å². The average Bonchev–Trinajstić information content (AvgIpc) is 2.88. The van der Waals surface area contributed by atoms with Crippen LogP contribution in [-0.2, 0) is 15.9 Å². The van der Waals surface area contributed by atoms with Crippen LogP contribution >= 0.6 is 0 Å². The zero-order chi connectivity index (χ0) is 23.2. The zero-order valence-corrected chi connectivity index (χ0v) is 16.9. The SMILES string of the molecule is CC(F)(F)c1ccc(S(=O)(=O)Nc2ccccc2C(N)N2CC(F)(F)C(F)(F)C2)cc1. The maximum absolute atomic E-state index is 13.5. The number of para-hydroxylation sites is 1. The number of alkyl halides is 6. The van der Waals surface area contributed by atoms with E-state index >= 15 is 0 Å². The first-order chi connectivity index (χ1) is 14.1. The third kappa shape index (κ3) is 4.65. The van der Waals surface area contributed by atoms with Gasteiger partial charge in [-0.3, -0.25) is 9.62 Å². The molecule has 1 atom stereocenters.